The summed E-state index contributed by atoms with van der Waals surface area (Å²) >= 11 is 10.4. The fourth-order valence-electron chi connectivity index (χ4n) is 1.73. The molecule has 0 amide bonds. The lowest BCUT2D eigenvalue weighted by atomic mass is 10.1. The van der Waals surface area contributed by atoms with Gasteiger partial charge < -0.3 is 5.32 Å². The Morgan fingerprint density at radius 3 is 2.32 bits per heavy atom. The Kier molecular flexibility index (Phi) is 5.03. The molecule has 2 aromatic carbocycles. The molecule has 1 N–H and O–H groups in total. The van der Waals surface area contributed by atoms with Crippen molar-refractivity contribution in [2.45, 2.75) is 13.5 Å². The number of anilines is 1. The maximum Gasteiger partial charge on any atom is 0.123 e. The number of benzene rings is 2. The Bertz CT molecular complexity index is 591. The van der Waals surface area contributed by atoms with Gasteiger partial charge in [-0.25, -0.2) is 4.39 Å². The zero-order valence-electron chi connectivity index (χ0n) is 10.1. The molecule has 100 valence electrons. The Balaban J connectivity index is 2.21. The van der Waals surface area contributed by atoms with E-state index < -0.39 is 0 Å². The fourth-order valence-corrected chi connectivity index (χ4v) is 4.26. The van der Waals surface area contributed by atoms with E-state index >= 15 is 0 Å². The zero-order chi connectivity index (χ0) is 14.0. The van der Waals surface area contributed by atoms with Crippen LogP contribution in [-0.4, -0.2) is 0 Å². The first-order chi connectivity index (χ1) is 8.97. The van der Waals surface area contributed by atoms with Crippen LogP contribution in [0.2, 0.25) is 0 Å². The molecule has 0 unspecified atom stereocenters. The summed E-state index contributed by atoms with van der Waals surface area (Å²) in [6.07, 6.45) is 0. The third-order valence-electron chi connectivity index (χ3n) is 2.77. The molecule has 0 saturated carbocycles. The van der Waals surface area contributed by atoms with Crippen molar-refractivity contribution in [2.24, 2.45) is 0 Å². The minimum Gasteiger partial charge on any atom is -0.379 e. The summed E-state index contributed by atoms with van der Waals surface area (Å²) < 4.78 is 16.1. The molecule has 0 radical (unpaired) electrons. The maximum absolute atomic E-state index is 13.2. The predicted octanol–water partition coefficient (Wildman–Crippen LogP) is 6.03. The minimum absolute atomic E-state index is 0.212. The fraction of sp³-hybridized carbons (Fsp3) is 0.143. The van der Waals surface area contributed by atoms with Gasteiger partial charge in [0.2, 0.25) is 0 Å². The third kappa shape index (κ3) is 3.80. The molecular formula is C14H11Br3FN. The van der Waals surface area contributed by atoms with Crippen molar-refractivity contribution < 1.29 is 4.39 Å². The van der Waals surface area contributed by atoms with Crippen LogP contribution in [0.15, 0.2) is 43.7 Å². The van der Waals surface area contributed by atoms with E-state index in [1.54, 1.807) is 12.1 Å². The van der Waals surface area contributed by atoms with Gasteiger partial charge in [0.05, 0.1) is 5.69 Å². The number of aryl methyl sites for hydroxylation is 1. The average Bonchev–Trinajstić information content (AvgIpc) is 2.32. The van der Waals surface area contributed by atoms with Crippen LogP contribution in [0.5, 0.6) is 0 Å². The molecule has 0 heterocycles. The lowest BCUT2D eigenvalue weighted by Gasteiger charge is -2.13. The SMILES string of the molecule is Cc1ccc(F)cc1CNc1c(Br)cc(Br)cc1Br. The molecule has 0 aromatic heterocycles. The van der Waals surface area contributed by atoms with Crippen LogP contribution in [0.3, 0.4) is 0 Å². The number of nitrogens with one attached hydrogen (secondary N) is 1. The van der Waals surface area contributed by atoms with Gasteiger partial charge in [0.15, 0.2) is 0 Å². The Hall–Kier alpha value is -0.390. The molecule has 0 aliphatic rings. The molecule has 19 heavy (non-hydrogen) atoms. The van der Waals surface area contributed by atoms with Crippen LogP contribution in [0.1, 0.15) is 11.1 Å². The Morgan fingerprint density at radius 2 is 1.68 bits per heavy atom. The highest BCUT2D eigenvalue weighted by atomic mass is 79.9. The van der Waals surface area contributed by atoms with E-state index in [-0.39, 0.29) is 5.82 Å². The summed E-state index contributed by atoms with van der Waals surface area (Å²) in [4.78, 5) is 0. The monoisotopic (exact) mass is 449 g/mol. The zero-order valence-corrected chi connectivity index (χ0v) is 14.9. The Morgan fingerprint density at radius 1 is 1.05 bits per heavy atom. The summed E-state index contributed by atoms with van der Waals surface area (Å²) in [5, 5.41) is 3.31. The summed E-state index contributed by atoms with van der Waals surface area (Å²) in [6.45, 7) is 2.55. The standard InChI is InChI=1S/C14H11Br3FN/c1-8-2-3-11(18)4-9(8)7-19-14-12(16)5-10(15)6-13(14)17/h2-6,19H,7H2,1H3. The van der Waals surface area contributed by atoms with E-state index in [9.17, 15) is 4.39 Å². The topological polar surface area (TPSA) is 12.0 Å². The first-order valence-corrected chi connectivity index (χ1v) is 7.98. The van der Waals surface area contributed by atoms with Crippen molar-refractivity contribution in [3.63, 3.8) is 0 Å². The van der Waals surface area contributed by atoms with E-state index in [1.807, 2.05) is 19.1 Å². The third-order valence-corrected chi connectivity index (χ3v) is 4.48. The van der Waals surface area contributed by atoms with Crippen molar-refractivity contribution in [3.8, 4) is 0 Å². The highest BCUT2D eigenvalue weighted by molar-refractivity contribution is 9.11. The number of hydrogen-bond donors (Lipinski definition) is 1. The van der Waals surface area contributed by atoms with Crippen LogP contribution < -0.4 is 5.32 Å². The van der Waals surface area contributed by atoms with Crippen molar-refractivity contribution in [3.05, 3.63) is 60.7 Å². The molecule has 0 saturated heterocycles. The second-order valence-electron chi connectivity index (χ2n) is 4.17. The van der Waals surface area contributed by atoms with E-state index in [1.165, 1.54) is 6.07 Å². The van der Waals surface area contributed by atoms with Gasteiger partial charge >= 0.3 is 0 Å². The molecule has 0 aliphatic heterocycles. The summed E-state index contributed by atoms with van der Waals surface area (Å²) in [5.41, 5.74) is 2.96. The van der Waals surface area contributed by atoms with Gasteiger partial charge in [-0.05, 0) is 74.2 Å². The van der Waals surface area contributed by atoms with Crippen LogP contribution in [0, 0.1) is 12.7 Å². The Labute approximate surface area is 137 Å². The second kappa shape index (κ2) is 6.37. The highest BCUT2D eigenvalue weighted by Gasteiger charge is 2.07. The van der Waals surface area contributed by atoms with E-state index in [2.05, 4.69) is 53.1 Å². The lowest BCUT2D eigenvalue weighted by Crippen LogP contribution is -2.03. The molecule has 2 rings (SSSR count). The second-order valence-corrected chi connectivity index (χ2v) is 6.79. The first kappa shape index (κ1) is 15.0. The normalized spacial score (nSPS) is 10.6. The first-order valence-electron chi connectivity index (χ1n) is 5.61. The largest absolute Gasteiger partial charge is 0.379 e. The molecule has 2 aromatic rings. The van der Waals surface area contributed by atoms with Crippen LogP contribution in [-0.2, 0) is 6.54 Å². The van der Waals surface area contributed by atoms with Crippen molar-refractivity contribution in [2.75, 3.05) is 5.32 Å². The lowest BCUT2D eigenvalue weighted by molar-refractivity contribution is 0.625. The summed E-state index contributed by atoms with van der Waals surface area (Å²) in [7, 11) is 0. The van der Waals surface area contributed by atoms with E-state index in [0.29, 0.717) is 6.54 Å². The van der Waals surface area contributed by atoms with Crippen molar-refractivity contribution >= 4 is 53.5 Å². The summed E-state index contributed by atoms with van der Waals surface area (Å²) in [6, 6.07) is 8.75. The van der Waals surface area contributed by atoms with Gasteiger partial charge in [0.25, 0.3) is 0 Å². The quantitative estimate of drug-likeness (QED) is 0.600. The summed E-state index contributed by atoms with van der Waals surface area (Å²) in [5.74, 6) is -0.212. The molecule has 0 fully saturated rings. The van der Waals surface area contributed by atoms with Crippen LogP contribution >= 0.6 is 47.8 Å². The number of halogens is 4. The predicted molar refractivity (Wildman–Crippen MR) is 88.0 cm³/mol. The van der Waals surface area contributed by atoms with Gasteiger partial charge in [0, 0.05) is 20.0 Å². The maximum atomic E-state index is 13.2. The molecule has 0 bridgehead atoms. The number of rotatable bonds is 3. The van der Waals surface area contributed by atoms with E-state index in [4.69, 9.17) is 0 Å². The molecule has 5 heteroatoms. The highest BCUT2D eigenvalue weighted by Crippen LogP contribution is 2.34. The minimum atomic E-state index is -0.212. The van der Waals surface area contributed by atoms with E-state index in [0.717, 1.165) is 30.2 Å². The van der Waals surface area contributed by atoms with Gasteiger partial charge in [-0.2, -0.15) is 0 Å². The van der Waals surface area contributed by atoms with Crippen LogP contribution in [0.25, 0.3) is 0 Å². The number of hydrogen-bond acceptors (Lipinski definition) is 1. The molecular weight excluding hydrogens is 441 g/mol. The average molecular weight is 452 g/mol. The van der Waals surface area contributed by atoms with Gasteiger partial charge in [0.1, 0.15) is 5.82 Å². The van der Waals surface area contributed by atoms with Gasteiger partial charge in [-0.15, -0.1) is 0 Å². The van der Waals surface area contributed by atoms with Crippen LogP contribution in [0.4, 0.5) is 10.1 Å². The molecule has 1 nitrogen and oxygen atoms in total. The molecule has 0 spiro atoms. The van der Waals surface area contributed by atoms with Gasteiger partial charge in [-0.1, -0.05) is 22.0 Å². The molecule has 0 atom stereocenters. The molecule has 0 aliphatic carbocycles. The van der Waals surface area contributed by atoms with Crippen molar-refractivity contribution in [1.29, 1.82) is 0 Å². The van der Waals surface area contributed by atoms with Crippen molar-refractivity contribution in [1.82, 2.24) is 0 Å². The smallest absolute Gasteiger partial charge is 0.123 e. The van der Waals surface area contributed by atoms with Gasteiger partial charge in [-0.3, -0.25) is 0 Å².